The molecule has 1 atom stereocenters. The summed E-state index contributed by atoms with van der Waals surface area (Å²) < 4.78 is 11.1. The first-order valence-corrected chi connectivity index (χ1v) is 16.5. The van der Waals surface area contributed by atoms with Gasteiger partial charge in [0.15, 0.2) is 0 Å². The maximum Gasteiger partial charge on any atom is 0.298 e. The minimum atomic E-state index is -0.741. The predicted octanol–water partition coefficient (Wildman–Crippen LogP) is 4.11. The molecule has 0 saturated carbocycles. The molecule has 4 aromatic heterocycles. The number of fused-ring (bicyclic) bond motifs is 2. The molecule has 4 heterocycles. The van der Waals surface area contributed by atoms with E-state index in [1.807, 2.05) is 115 Å². The molecule has 0 bridgehead atoms. The smallest absolute Gasteiger partial charge is 0.298 e. The van der Waals surface area contributed by atoms with Crippen LogP contribution >= 0.6 is 0 Å². The summed E-state index contributed by atoms with van der Waals surface area (Å²) in [5.74, 6) is -0.759. The Balaban J connectivity index is 1.42. The van der Waals surface area contributed by atoms with Gasteiger partial charge in [0.05, 0.1) is 39.6 Å². The van der Waals surface area contributed by atoms with E-state index in [1.54, 1.807) is 28.4 Å². The maximum absolute atomic E-state index is 13.5. The Morgan fingerprint density at radius 2 is 1.24 bits per heavy atom. The van der Waals surface area contributed by atoms with Crippen LogP contribution < -0.4 is 11.2 Å². The fourth-order valence-electron chi connectivity index (χ4n) is 6.41. The molecule has 1 unspecified atom stereocenters. The van der Waals surface area contributed by atoms with Gasteiger partial charge in [-0.05, 0) is 65.0 Å². The first kappa shape index (κ1) is 33.3. The van der Waals surface area contributed by atoms with Crippen LogP contribution in [0.15, 0.2) is 76.7 Å². The summed E-state index contributed by atoms with van der Waals surface area (Å²) in [6, 6.07) is 17.2. The van der Waals surface area contributed by atoms with Crippen molar-refractivity contribution in [3.63, 3.8) is 0 Å². The first-order valence-electron chi connectivity index (χ1n) is 16.5. The number of rotatable bonds is 9. The van der Waals surface area contributed by atoms with Gasteiger partial charge in [0, 0.05) is 45.8 Å². The van der Waals surface area contributed by atoms with Crippen LogP contribution in [0.3, 0.4) is 0 Å². The van der Waals surface area contributed by atoms with Crippen LogP contribution in [0.5, 0.6) is 0 Å². The third kappa shape index (κ3) is 6.13. The third-order valence-electron chi connectivity index (χ3n) is 8.73. The number of carbonyl (C=O) groups is 2. The van der Waals surface area contributed by atoms with Crippen LogP contribution in [0.25, 0.3) is 22.1 Å². The quantitative estimate of drug-likeness (QED) is 0.233. The summed E-state index contributed by atoms with van der Waals surface area (Å²) in [6.07, 6.45) is 3.27. The highest BCUT2D eigenvalue weighted by molar-refractivity contribution is 5.94. The molecule has 2 aromatic carbocycles. The second kappa shape index (κ2) is 13.5. The number of amides is 2. The lowest BCUT2D eigenvalue weighted by Gasteiger charge is -2.09. The van der Waals surface area contributed by atoms with Crippen molar-refractivity contribution in [1.82, 2.24) is 37.8 Å². The largest absolute Gasteiger partial charge is 0.389 e. The van der Waals surface area contributed by atoms with Crippen LogP contribution in [-0.2, 0) is 40.3 Å². The number of aromatic nitrogens is 8. The van der Waals surface area contributed by atoms with Crippen LogP contribution in [0.2, 0.25) is 0 Å². The van der Waals surface area contributed by atoms with Gasteiger partial charge in [-0.3, -0.25) is 19.0 Å². The molecule has 0 saturated heterocycles. The van der Waals surface area contributed by atoms with E-state index < -0.39 is 12.0 Å². The third-order valence-corrected chi connectivity index (χ3v) is 8.73. The molecule has 0 spiro atoms. The SMILES string of the molecule is CCn1nc(C)cc1C(=O)/N=c1\n(C)c2ccccc2n1C/C=C/Cn1/c(=N/C(=O)c2cc(C)nn2CC)n(C)c2cccc(C(C)O)c21. The van der Waals surface area contributed by atoms with E-state index in [2.05, 4.69) is 20.2 Å². The topological polar surface area (TPSA) is 134 Å². The van der Waals surface area contributed by atoms with Crippen molar-refractivity contribution in [1.29, 1.82) is 0 Å². The van der Waals surface area contributed by atoms with Gasteiger partial charge >= 0.3 is 0 Å². The molecule has 1 N–H and O–H groups in total. The van der Waals surface area contributed by atoms with Gasteiger partial charge in [-0.1, -0.05) is 36.4 Å². The molecule has 0 aliphatic rings. The summed E-state index contributed by atoms with van der Waals surface area (Å²) in [7, 11) is 3.77. The van der Waals surface area contributed by atoms with Gasteiger partial charge in [-0.15, -0.1) is 0 Å². The zero-order valence-corrected chi connectivity index (χ0v) is 29.0. The number of benzene rings is 2. The molecule has 254 valence electrons. The van der Waals surface area contributed by atoms with Gasteiger partial charge in [0.2, 0.25) is 11.2 Å². The van der Waals surface area contributed by atoms with E-state index >= 15 is 0 Å². The zero-order valence-electron chi connectivity index (χ0n) is 29.0. The van der Waals surface area contributed by atoms with E-state index in [9.17, 15) is 14.7 Å². The van der Waals surface area contributed by atoms with Crippen molar-refractivity contribution >= 4 is 33.9 Å². The van der Waals surface area contributed by atoms with Crippen molar-refractivity contribution in [3.05, 3.63) is 106 Å². The molecule has 0 aliphatic heterocycles. The number of hydrogen-bond acceptors (Lipinski definition) is 5. The van der Waals surface area contributed by atoms with Crippen molar-refractivity contribution in [2.24, 2.45) is 24.1 Å². The highest BCUT2D eigenvalue weighted by Crippen LogP contribution is 2.24. The number of imidazole rings is 2. The van der Waals surface area contributed by atoms with Crippen molar-refractivity contribution in [3.8, 4) is 0 Å². The Morgan fingerprint density at radius 1 is 0.755 bits per heavy atom. The average molecular weight is 663 g/mol. The van der Waals surface area contributed by atoms with Gasteiger partial charge in [-0.25, -0.2) is 0 Å². The highest BCUT2D eigenvalue weighted by Gasteiger charge is 2.19. The van der Waals surface area contributed by atoms with E-state index in [1.165, 1.54) is 0 Å². The van der Waals surface area contributed by atoms with Crippen LogP contribution in [0, 0.1) is 13.8 Å². The number of aliphatic hydroxyl groups excluding tert-OH is 1. The Hall–Kier alpha value is -5.56. The predicted molar refractivity (Wildman–Crippen MR) is 187 cm³/mol. The van der Waals surface area contributed by atoms with Crippen LogP contribution in [0.1, 0.15) is 64.8 Å². The number of hydrogen-bond donors (Lipinski definition) is 1. The average Bonchev–Trinajstić information content (AvgIpc) is 3.81. The fraction of sp³-hybridized carbons (Fsp3) is 0.333. The summed E-state index contributed by atoms with van der Waals surface area (Å²) >= 11 is 0. The standard InChI is InChI=1S/C36H42N10O3/c1-8-45-30(21-23(3)39-45)33(48)37-35-41(6)27-16-10-11-17-28(27)43(35)19-12-13-20-44-32-26(25(5)47)15-14-18-29(32)42(7)36(44)38-34(49)31-22-24(4)40-46(31)9-2/h10-18,21-22,25,47H,8-9,19-20H2,1-7H3/b13-12+,37-35+,38-36+. The summed E-state index contributed by atoms with van der Waals surface area (Å²) in [4.78, 5) is 36.2. The molecule has 0 fully saturated rings. The van der Waals surface area contributed by atoms with E-state index in [-0.39, 0.29) is 5.91 Å². The molecule has 0 radical (unpaired) electrons. The summed E-state index contributed by atoms with van der Waals surface area (Å²) in [6.45, 7) is 11.2. The van der Waals surface area contributed by atoms with Crippen molar-refractivity contribution in [2.45, 2.75) is 66.9 Å². The maximum atomic E-state index is 13.5. The molecule has 49 heavy (non-hydrogen) atoms. The van der Waals surface area contributed by atoms with Gasteiger partial charge in [0.25, 0.3) is 11.8 Å². The number of allylic oxidation sites excluding steroid dienone is 2. The van der Waals surface area contributed by atoms with Crippen LogP contribution in [-0.4, -0.2) is 54.8 Å². The molecule has 6 aromatic rings. The lowest BCUT2D eigenvalue weighted by molar-refractivity contribution is 0.0977. The molecule has 13 heteroatoms. The number of para-hydroxylation sites is 3. The number of aryl methyl sites for hydroxylation is 6. The van der Waals surface area contributed by atoms with Gasteiger partial charge in [-0.2, -0.15) is 20.2 Å². The second-order valence-corrected chi connectivity index (χ2v) is 12.1. The monoisotopic (exact) mass is 662 g/mol. The number of aliphatic hydroxyl groups is 1. The Labute approximate surface area is 283 Å². The van der Waals surface area contributed by atoms with E-state index in [4.69, 9.17) is 0 Å². The number of nitrogens with zero attached hydrogens (tertiary/aromatic N) is 10. The van der Waals surface area contributed by atoms with E-state index in [0.717, 1.165) is 39.0 Å². The zero-order chi connectivity index (χ0) is 35.0. The van der Waals surface area contributed by atoms with Crippen molar-refractivity contribution in [2.75, 3.05) is 0 Å². The molecule has 2 amide bonds. The lowest BCUT2D eigenvalue weighted by Crippen LogP contribution is -2.27. The fourth-order valence-corrected chi connectivity index (χ4v) is 6.41. The summed E-state index contributed by atoms with van der Waals surface area (Å²) in [5.41, 5.74) is 7.54. The normalized spacial score (nSPS) is 13.5. The minimum absolute atomic E-state index is 0.362. The van der Waals surface area contributed by atoms with Gasteiger partial charge < -0.3 is 23.4 Å². The molecule has 0 aliphatic carbocycles. The summed E-state index contributed by atoms with van der Waals surface area (Å²) in [5, 5.41) is 19.6. The molecular formula is C36H42N10O3. The Bertz CT molecular complexity index is 2390. The molecule has 13 nitrogen and oxygen atoms in total. The number of carbonyl (C=O) groups excluding carboxylic acids is 2. The van der Waals surface area contributed by atoms with E-state index in [0.29, 0.717) is 48.8 Å². The molecular weight excluding hydrogens is 620 g/mol. The Morgan fingerprint density at radius 3 is 1.80 bits per heavy atom. The van der Waals surface area contributed by atoms with Crippen molar-refractivity contribution < 1.29 is 14.7 Å². The lowest BCUT2D eigenvalue weighted by atomic mass is 10.1. The van der Waals surface area contributed by atoms with Crippen LogP contribution in [0.4, 0.5) is 0 Å². The minimum Gasteiger partial charge on any atom is -0.389 e. The van der Waals surface area contributed by atoms with Gasteiger partial charge in [0.1, 0.15) is 11.4 Å². The Kier molecular flexibility index (Phi) is 9.20. The second-order valence-electron chi connectivity index (χ2n) is 12.1. The first-order chi connectivity index (χ1) is 23.5. The molecule has 6 rings (SSSR count). The highest BCUT2D eigenvalue weighted by atomic mass is 16.3.